The van der Waals surface area contributed by atoms with Gasteiger partial charge in [0.05, 0.1) is 30.1 Å². The summed E-state index contributed by atoms with van der Waals surface area (Å²) >= 11 is 0. The Morgan fingerprint density at radius 1 is 1.24 bits per heavy atom. The highest BCUT2D eigenvalue weighted by Gasteiger charge is 2.30. The normalized spacial score (nSPS) is 20.7. The molecule has 34 heavy (non-hydrogen) atoms. The van der Waals surface area contributed by atoms with E-state index in [4.69, 9.17) is 9.47 Å². The van der Waals surface area contributed by atoms with Gasteiger partial charge >= 0.3 is 5.97 Å². The molecular weight excluding hydrogens is 462 g/mol. The zero-order valence-corrected chi connectivity index (χ0v) is 20.5. The number of rotatable bonds is 9. The molecule has 0 aromatic heterocycles. The fraction of sp³-hybridized carbons (Fsp3) is 0.609. The van der Waals surface area contributed by atoms with Gasteiger partial charge in [-0.05, 0) is 50.8 Å². The Balaban J connectivity index is 1.59. The Hall–Kier alpha value is -2.50. The number of ether oxygens (including phenoxy) is 2. The molecule has 1 N–H and O–H groups in total. The molecule has 2 aliphatic heterocycles. The maximum atomic E-state index is 12.9. The summed E-state index contributed by atoms with van der Waals surface area (Å²) in [5, 5.41) is 0. The summed E-state index contributed by atoms with van der Waals surface area (Å²) < 4.78 is 38.4. The number of esters is 1. The number of hydrogen-bond donors (Lipinski definition) is 1. The molecule has 10 nitrogen and oxygen atoms in total. The molecule has 11 heteroatoms. The molecule has 2 atom stereocenters. The van der Waals surface area contributed by atoms with Crippen LogP contribution in [0.5, 0.6) is 0 Å². The minimum Gasteiger partial charge on any atom is -0.466 e. The van der Waals surface area contributed by atoms with Crippen LogP contribution >= 0.6 is 0 Å². The monoisotopic (exact) mass is 495 g/mol. The van der Waals surface area contributed by atoms with E-state index in [0.717, 1.165) is 12.8 Å². The van der Waals surface area contributed by atoms with Gasteiger partial charge < -0.3 is 19.3 Å². The average molecular weight is 496 g/mol. The zero-order valence-electron chi connectivity index (χ0n) is 19.7. The van der Waals surface area contributed by atoms with Gasteiger partial charge in [-0.1, -0.05) is 6.07 Å². The molecule has 2 aliphatic rings. The van der Waals surface area contributed by atoms with Crippen LogP contribution in [0.25, 0.3) is 0 Å². The number of sulfonamides is 1. The lowest BCUT2D eigenvalue weighted by Crippen LogP contribution is -2.47. The third kappa shape index (κ3) is 6.77. The van der Waals surface area contributed by atoms with E-state index >= 15 is 0 Å². The van der Waals surface area contributed by atoms with Crippen molar-refractivity contribution in [3.63, 3.8) is 0 Å². The van der Waals surface area contributed by atoms with E-state index in [1.807, 2.05) is 0 Å². The smallest absolute Gasteiger partial charge is 0.310 e. The second-order valence-electron chi connectivity index (χ2n) is 8.61. The predicted molar refractivity (Wildman–Crippen MR) is 124 cm³/mol. The minimum atomic E-state index is -3.81. The van der Waals surface area contributed by atoms with Crippen LogP contribution in [0.1, 0.15) is 43.0 Å². The number of carbonyl (C=O) groups is 3. The van der Waals surface area contributed by atoms with E-state index in [0.29, 0.717) is 32.6 Å². The molecule has 0 aliphatic carbocycles. The Kier molecular flexibility index (Phi) is 9.03. The SMILES string of the molecule is CCOC(=O)C1CCCN(C(=O)CN(C)C(=O)c2cccc(S(=O)(=O)NCC3CCCO3)c2)C1. The number of hydrogen-bond acceptors (Lipinski definition) is 7. The Bertz CT molecular complexity index is 992. The van der Waals surface area contributed by atoms with Crippen molar-refractivity contribution in [1.82, 2.24) is 14.5 Å². The molecule has 1 aromatic carbocycles. The highest BCUT2D eigenvalue weighted by atomic mass is 32.2. The molecule has 2 fully saturated rings. The molecule has 3 rings (SSSR count). The molecule has 2 amide bonds. The van der Waals surface area contributed by atoms with Gasteiger partial charge in [0.15, 0.2) is 0 Å². The second-order valence-corrected chi connectivity index (χ2v) is 10.4. The van der Waals surface area contributed by atoms with Crippen molar-refractivity contribution >= 4 is 27.8 Å². The number of amides is 2. The van der Waals surface area contributed by atoms with E-state index in [2.05, 4.69) is 4.72 Å². The molecule has 0 radical (unpaired) electrons. The predicted octanol–water partition coefficient (Wildman–Crippen LogP) is 1.02. The minimum absolute atomic E-state index is 0.0237. The van der Waals surface area contributed by atoms with Crippen LogP contribution in [0.3, 0.4) is 0 Å². The lowest BCUT2D eigenvalue weighted by molar-refractivity contribution is -0.151. The van der Waals surface area contributed by atoms with Crippen molar-refractivity contribution in [2.24, 2.45) is 5.92 Å². The fourth-order valence-electron chi connectivity index (χ4n) is 4.14. The molecule has 0 spiro atoms. The van der Waals surface area contributed by atoms with Gasteiger partial charge in [-0.2, -0.15) is 0 Å². The highest BCUT2D eigenvalue weighted by molar-refractivity contribution is 7.89. The quantitative estimate of drug-likeness (QED) is 0.508. The van der Waals surface area contributed by atoms with Gasteiger partial charge in [0.1, 0.15) is 0 Å². The van der Waals surface area contributed by atoms with Crippen LogP contribution in [0, 0.1) is 5.92 Å². The van der Waals surface area contributed by atoms with Gasteiger partial charge in [-0.25, -0.2) is 13.1 Å². The molecule has 188 valence electrons. The van der Waals surface area contributed by atoms with Crippen molar-refractivity contribution in [3.8, 4) is 0 Å². The number of piperidine rings is 1. The lowest BCUT2D eigenvalue weighted by Gasteiger charge is -2.32. The van der Waals surface area contributed by atoms with Crippen molar-refractivity contribution in [3.05, 3.63) is 29.8 Å². The largest absolute Gasteiger partial charge is 0.466 e. The first-order valence-corrected chi connectivity index (χ1v) is 13.1. The van der Waals surface area contributed by atoms with Gasteiger partial charge in [-0.3, -0.25) is 14.4 Å². The van der Waals surface area contributed by atoms with E-state index < -0.39 is 15.9 Å². The average Bonchev–Trinajstić information content (AvgIpc) is 3.36. The van der Waals surface area contributed by atoms with E-state index in [1.54, 1.807) is 11.8 Å². The zero-order chi connectivity index (χ0) is 24.7. The summed E-state index contributed by atoms with van der Waals surface area (Å²) in [6.07, 6.45) is 2.92. The van der Waals surface area contributed by atoms with Crippen LogP contribution in [0.15, 0.2) is 29.2 Å². The number of benzene rings is 1. The number of carbonyl (C=O) groups excluding carboxylic acids is 3. The van der Waals surface area contributed by atoms with Crippen LogP contribution < -0.4 is 4.72 Å². The Morgan fingerprint density at radius 3 is 2.74 bits per heavy atom. The van der Waals surface area contributed by atoms with Gasteiger partial charge in [0.25, 0.3) is 5.91 Å². The third-order valence-electron chi connectivity index (χ3n) is 6.03. The van der Waals surface area contributed by atoms with Crippen molar-refractivity contribution < 1.29 is 32.3 Å². The third-order valence-corrected chi connectivity index (χ3v) is 7.45. The van der Waals surface area contributed by atoms with Crippen molar-refractivity contribution in [1.29, 1.82) is 0 Å². The summed E-state index contributed by atoms with van der Waals surface area (Å²) in [7, 11) is -2.32. The fourth-order valence-corrected chi connectivity index (χ4v) is 5.25. The van der Waals surface area contributed by atoms with Crippen LogP contribution in [0.4, 0.5) is 0 Å². The molecule has 0 saturated carbocycles. The first-order chi connectivity index (χ1) is 16.2. The number of likely N-dealkylation sites (N-methyl/N-ethyl adjacent to an activating group) is 1. The second kappa shape index (κ2) is 11.8. The summed E-state index contributed by atoms with van der Waals surface area (Å²) in [6, 6.07) is 5.74. The maximum absolute atomic E-state index is 12.9. The van der Waals surface area contributed by atoms with Crippen LogP contribution in [-0.2, 0) is 29.1 Å². The van der Waals surface area contributed by atoms with Crippen LogP contribution in [0.2, 0.25) is 0 Å². The molecule has 1 aromatic rings. The highest BCUT2D eigenvalue weighted by Crippen LogP contribution is 2.19. The maximum Gasteiger partial charge on any atom is 0.310 e. The Labute approximate surface area is 200 Å². The molecule has 2 unspecified atom stereocenters. The number of nitrogens with zero attached hydrogens (tertiary/aromatic N) is 2. The molecule has 0 bridgehead atoms. The summed E-state index contributed by atoms with van der Waals surface area (Å²) in [4.78, 5) is 40.5. The van der Waals surface area contributed by atoms with E-state index in [9.17, 15) is 22.8 Å². The number of likely N-dealkylation sites (tertiary alicyclic amines) is 1. The summed E-state index contributed by atoms with van der Waals surface area (Å²) in [5.74, 6) is -1.41. The first kappa shape index (κ1) is 26.1. The summed E-state index contributed by atoms with van der Waals surface area (Å²) in [6.45, 7) is 3.44. The topological polar surface area (TPSA) is 122 Å². The van der Waals surface area contributed by atoms with E-state index in [1.165, 1.54) is 36.2 Å². The summed E-state index contributed by atoms with van der Waals surface area (Å²) in [5.41, 5.74) is 0.165. The van der Waals surface area contributed by atoms with Crippen LogP contribution in [-0.4, -0.2) is 88.5 Å². The van der Waals surface area contributed by atoms with Gasteiger partial charge in [-0.15, -0.1) is 0 Å². The Morgan fingerprint density at radius 2 is 2.03 bits per heavy atom. The van der Waals surface area contributed by atoms with Crippen molar-refractivity contribution in [2.45, 2.75) is 43.6 Å². The lowest BCUT2D eigenvalue weighted by atomic mass is 9.98. The van der Waals surface area contributed by atoms with Gasteiger partial charge in [0, 0.05) is 38.9 Å². The standard InChI is InChI=1S/C23H33N3O7S/c1-3-32-23(29)18-8-5-11-26(15-18)21(27)16-25(2)22(28)17-7-4-10-20(13-17)34(30,31)24-14-19-9-6-12-33-19/h4,7,10,13,18-19,24H,3,5-6,8-9,11-12,14-16H2,1-2H3. The molecular formula is C23H33N3O7S. The molecule has 2 saturated heterocycles. The van der Waals surface area contributed by atoms with E-state index in [-0.39, 0.29) is 54.0 Å². The molecule has 2 heterocycles. The van der Waals surface area contributed by atoms with Crippen molar-refractivity contribution in [2.75, 3.05) is 46.4 Å². The number of nitrogens with one attached hydrogen (secondary N) is 1. The first-order valence-electron chi connectivity index (χ1n) is 11.6. The van der Waals surface area contributed by atoms with Gasteiger partial charge in [0.2, 0.25) is 15.9 Å².